The van der Waals surface area contributed by atoms with Crippen LogP contribution in [0.4, 0.5) is 23.2 Å². The van der Waals surface area contributed by atoms with Gasteiger partial charge in [-0.05, 0) is 29.8 Å². The van der Waals surface area contributed by atoms with Crippen LogP contribution in [0.1, 0.15) is 0 Å². The summed E-state index contributed by atoms with van der Waals surface area (Å²) in [4.78, 5) is -0.289. The van der Waals surface area contributed by atoms with Crippen molar-refractivity contribution < 1.29 is 30.7 Å². The lowest BCUT2D eigenvalue weighted by Gasteiger charge is -2.16. The molecule has 3 aromatic rings. The molecule has 0 bridgehead atoms. The van der Waals surface area contributed by atoms with Gasteiger partial charge in [0.1, 0.15) is 5.75 Å². The van der Waals surface area contributed by atoms with Gasteiger partial charge in [0.25, 0.3) is 10.0 Å². The Balaban J connectivity index is 2.25. The molecule has 0 saturated heterocycles. The number of nitrogens with one attached hydrogen (secondary N) is 1. The molecule has 0 amide bonds. The predicted octanol–water partition coefficient (Wildman–Crippen LogP) is 5.37. The van der Waals surface area contributed by atoms with Crippen molar-refractivity contribution in [1.82, 2.24) is 0 Å². The number of sulfonamides is 1. The van der Waals surface area contributed by atoms with Gasteiger partial charge >= 0.3 is 0 Å². The minimum Gasteiger partial charge on any atom is -0.495 e. The molecule has 29 heavy (non-hydrogen) atoms. The van der Waals surface area contributed by atoms with Crippen molar-refractivity contribution in [2.45, 2.75) is 4.90 Å². The molecule has 0 unspecified atom stereocenters. The van der Waals surface area contributed by atoms with Gasteiger partial charge in [0.2, 0.25) is 0 Å². The maximum atomic E-state index is 14.6. The minimum absolute atomic E-state index is 0.0357. The summed E-state index contributed by atoms with van der Waals surface area (Å²) in [7, 11) is -3.12. The lowest BCUT2D eigenvalue weighted by atomic mass is 10.0. The van der Waals surface area contributed by atoms with E-state index in [2.05, 4.69) is 0 Å². The molecule has 10 heteroatoms. The van der Waals surface area contributed by atoms with Crippen molar-refractivity contribution in [2.24, 2.45) is 0 Å². The SMILES string of the molecule is COc1ccc(-c2c(F)c(F)c(F)c(F)c2NS(=O)(=O)c2ccccc2)cc1Cl. The van der Waals surface area contributed by atoms with Gasteiger partial charge in [-0.1, -0.05) is 35.9 Å². The van der Waals surface area contributed by atoms with E-state index in [0.717, 1.165) is 6.07 Å². The number of benzene rings is 3. The zero-order chi connectivity index (χ0) is 21.3. The van der Waals surface area contributed by atoms with Gasteiger partial charge in [-0.2, -0.15) is 0 Å². The monoisotopic (exact) mass is 445 g/mol. The Hall–Kier alpha value is -2.78. The van der Waals surface area contributed by atoms with E-state index in [1.807, 2.05) is 0 Å². The van der Waals surface area contributed by atoms with Crippen LogP contribution in [0.5, 0.6) is 5.75 Å². The normalized spacial score (nSPS) is 11.4. The second-order valence-corrected chi connectivity index (χ2v) is 7.86. The molecule has 0 saturated carbocycles. The predicted molar refractivity (Wildman–Crippen MR) is 101 cm³/mol. The number of ether oxygens (including phenoxy) is 1. The van der Waals surface area contributed by atoms with Crippen molar-refractivity contribution in [3.63, 3.8) is 0 Å². The summed E-state index contributed by atoms with van der Waals surface area (Å²) in [6.07, 6.45) is 0. The molecule has 3 aromatic carbocycles. The fourth-order valence-electron chi connectivity index (χ4n) is 2.61. The molecule has 0 spiro atoms. The van der Waals surface area contributed by atoms with Crippen LogP contribution in [-0.2, 0) is 10.0 Å². The molecule has 0 radical (unpaired) electrons. The van der Waals surface area contributed by atoms with Gasteiger partial charge in [-0.25, -0.2) is 26.0 Å². The van der Waals surface area contributed by atoms with Crippen molar-refractivity contribution in [1.29, 1.82) is 0 Å². The highest BCUT2D eigenvalue weighted by molar-refractivity contribution is 7.92. The summed E-state index contributed by atoms with van der Waals surface area (Å²) in [6.45, 7) is 0. The van der Waals surface area contributed by atoms with Crippen LogP contribution in [0.25, 0.3) is 11.1 Å². The Kier molecular flexibility index (Phi) is 5.72. The third-order valence-electron chi connectivity index (χ3n) is 4.00. The van der Waals surface area contributed by atoms with Gasteiger partial charge in [0, 0.05) is 5.56 Å². The van der Waals surface area contributed by atoms with E-state index in [1.54, 1.807) is 10.8 Å². The summed E-state index contributed by atoms with van der Waals surface area (Å²) in [5.74, 6) is -7.74. The highest BCUT2D eigenvalue weighted by atomic mass is 35.5. The standard InChI is InChI=1S/C19H12ClF4NO3S/c1-28-13-8-7-10(9-12(13)20)14-15(21)16(22)17(23)18(24)19(14)25-29(26,27)11-5-3-2-4-6-11/h2-9,25H,1H3. The molecule has 0 aliphatic carbocycles. The van der Waals surface area contributed by atoms with Crippen LogP contribution >= 0.6 is 11.6 Å². The smallest absolute Gasteiger partial charge is 0.262 e. The van der Waals surface area contributed by atoms with E-state index in [4.69, 9.17) is 16.3 Å². The second kappa shape index (κ2) is 7.92. The Bertz CT molecular complexity index is 1190. The van der Waals surface area contributed by atoms with Crippen LogP contribution in [-0.4, -0.2) is 15.5 Å². The number of hydrogen-bond donors (Lipinski definition) is 1. The van der Waals surface area contributed by atoms with Gasteiger partial charge in [0.15, 0.2) is 23.3 Å². The van der Waals surface area contributed by atoms with Crippen LogP contribution in [0.15, 0.2) is 53.4 Å². The fourth-order valence-corrected chi connectivity index (χ4v) is 3.96. The molecular formula is C19H12ClF4NO3S. The highest BCUT2D eigenvalue weighted by Crippen LogP contribution is 2.40. The fraction of sp³-hybridized carbons (Fsp3) is 0.0526. The summed E-state index contributed by atoms with van der Waals surface area (Å²) >= 11 is 5.98. The van der Waals surface area contributed by atoms with Crippen LogP contribution in [0.3, 0.4) is 0 Å². The van der Waals surface area contributed by atoms with Crippen molar-refractivity contribution in [3.05, 3.63) is 76.8 Å². The Morgan fingerprint density at radius 1 is 0.897 bits per heavy atom. The van der Waals surface area contributed by atoms with E-state index in [9.17, 15) is 26.0 Å². The van der Waals surface area contributed by atoms with Gasteiger partial charge in [-0.3, -0.25) is 4.72 Å². The van der Waals surface area contributed by atoms with Crippen molar-refractivity contribution in [2.75, 3.05) is 11.8 Å². The number of halogens is 5. The molecule has 152 valence electrons. The molecule has 0 aliphatic heterocycles. The molecule has 3 rings (SSSR count). The largest absolute Gasteiger partial charge is 0.495 e. The molecule has 0 fully saturated rings. The number of anilines is 1. The van der Waals surface area contributed by atoms with Gasteiger partial charge in [0.05, 0.1) is 22.7 Å². The summed E-state index contributed by atoms with van der Waals surface area (Å²) in [5.41, 5.74) is -2.13. The summed E-state index contributed by atoms with van der Waals surface area (Å²) in [5, 5.41) is -0.0357. The third-order valence-corrected chi connectivity index (χ3v) is 5.66. The topological polar surface area (TPSA) is 55.4 Å². The quantitative estimate of drug-likeness (QED) is 0.326. The Morgan fingerprint density at radius 3 is 2.10 bits per heavy atom. The van der Waals surface area contributed by atoms with E-state index in [-0.39, 0.29) is 21.2 Å². The highest BCUT2D eigenvalue weighted by Gasteiger charge is 2.29. The summed E-state index contributed by atoms with van der Waals surface area (Å²) in [6, 6.07) is 10.3. The first kappa shape index (κ1) is 20.9. The second-order valence-electron chi connectivity index (χ2n) is 5.77. The third kappa shape index (κ3) is 3.88. The zero-order valence-corrected chi connectivity index (χ0v) is 16.2. The lowest BCUT2D eigenvalue weighted by molar-refractivity contribution is 0.412. The average Bonchev–Trinajstić information content (AvgIpc) is 2.71. The van der Waals surface area contributed by atoms with Gasteiger partial charge < -0.3 is 4.74 Å². The molecule has 0 heterocycles. The minimum atomic E-state index is -4.44. The maximum absolute atomic E-state index is 14.6. The molecule has 1 N–H and O–H groups in total. The van der Waals surface area contributed by atoms with Crippen LogP contribution in [0, 0.1) is 23.3 Å². The van der Waals surface area contributed by atoms with Crippen molar-refractivity contribution >= 4 is 27.3 Å². The molecule has 0 atom stereocenters. The molecule has 4 nitrogen and oxygen atoms in total. The lowest BCUT2D eigenvalue weighted by Crippen LogP contribution is -2.17. The Morgan fingerprint density at radius 2 is 1.52 bits per heavy atom. The number of methoxy groups -OCH3 is 1. The molecule has 0 aliphatic rings. The van der Waals surface area contributed by atoms with Crippen LogP contribution < -0.4 is 9.46 Å². The zero-order valence-electron chi connectivity index (χ0n) is 14.6. The molecular weight excluding hydrogens is 434 g/mol. The Labute approximate surface area is 168 Å². The van der Waals surface area contributed by atoms with E-state index in [0.29, 0.717) is 0 Å². The van der Waals surface area contributed by atoms with Crippen molar-refractivity contribution in [3.8, 4) is 16.9 Å². The van der Waals surface area contributed by atoms with E-state index in [1.165, 1.54) is 43.5 Å². The first-order valence-electron chi connectivity index (χ1n) is 7.95. The van der Waals surface area contributed by atoms with E-state index < -0.39 is 44.5 Å². The van der Waals surface area contributed by atoms with E-state index >= 15 is 0 Å². The number of hydrogen-bond acceptors (Lipinski definition) is 3. The molecule has 0 aromatic heterocycles. The maximum Gasteiger partial charge on any atom is 0.262 e. The first-order valence-corrected chi connectivity index (χ1v) is 9.81. The van der Waals surface area contributed by atoms with Crippen LogP contribution in [0.2, 0.25) is 5.02 Å². The first-order chi connectivity index (χ1) is 13.7. The summed E-state index contributed by atoms with van der Waals surface area (Å²) < 4.78 is 88.7. The number of rotatable bonds is 5. The average molecular weight is 446 g/mol. The van der Waals surface area contributed by atoms with Gasteiger partial charge in [-0.15, -0.1) is 0 Å².